The number of likely N-dealkylation sites (N-methyl/N-ethyl adjacent to an activating group) is 1. The van der Waals surface area contributed by atoms with Crippen molar-refractivity contribution < 1.29 is 19.6 Å². The van der Waals surface area contributed by atoms with Crippen molar-refractivity contribution in [3.63, 3.8) is 0 Å². The Kier molecular flexibility index (Phi) is 8.08. The monoisotopic (exact) mass is 315 g/mol. The molecule has 0 spiro atoms. The van der Waals surface area contributed by atoms with Crippen molar-refractivity contribution in [2.45, 2.75) is 53.5 Å². The first-order chi connectivity index (χ1) is 10.0. The van der Waals surface area contributed by atoms with E-state index in [9.17, 15) is 14.4 Å². The summed E-state index contributed by atoms with van der Waals surface area (Å²) in [5.74, 6) is -1.65. The molecular weight excluding hydrogens is 286 g/mol. The van der Waals surface area contributed by atoms with E-state index in [4.69, 9.17) is 5.21 Å². The molecule has 0 rings (SSSR count). The van der Waals surface area contributed by atoms with Crippen molar-refractivity contribution in [2.75, 3.05) is 7.05 Å². The molecule has 0 fully saturated rings. The molecular formula is C15H29N3O4. The number of carbonyl (C=O) groups excluding carboxylic acids is 3. The quantitative estimate of drug-likeness (QED) is 0.412. The molecule has 0 aromatic carbocycles. The van der Waals surface area contributed by atoms with Crippen molar-refractivity contribution in [1.82, 2.24) is 16.1 Å². The van der Waals surface area contributed by atoms with Gasteiger partial charge in [0, 0.05) is 19.4 Å². The number of amides is 3. The van der Waals surface area contributed by atoms with Gasteiger partial charge >= 0.3 is 0 Å². The summed E-state index contributed by atoms with van der Waals surface area (Å²) in [6.07, 6.45) is 0.370. The zero-order valence-electron chi connectivity index (χ0n) is 14.3. The highest BCUT2D eigenvalue weighted by atomic mass is 16.5. The van der Waals surface area contributed by atoms with E-state index in [1.165, 1.54) is 7.05 Å². The van der Waals surface area contributed by atoms with Gasteiger partial charge in [0.1, 0.15) is 6.04 Å². The highest BCUT2D eigenvalue weighted by Gasteiger charge is 2.34. The summed E-state index contributed by atoms with van der Waals surface area (Å²) < 4.78 is 0. The van der Waals surface area contributed by atoms with Crippen LogP contribution < -0.4 is 16.1 Å². The number of hydrogen-bond acceptors (Lipinski definition) is 4. The molecule has 2 atom stereocenters. The van der Waals surface area contributed by atoms with Crippen LogP contribution in [0.25, 0.3) is 0 Å². The lowest BCUT2D eigenvalue weighted by Crippen LogP contribution is -2.54. The Labute approximate surface area is 132 Å². The van der Waals surface area contributed by atoms with Crippen molar-refractivity contribution in [3.8, 4) is 0 Å². The van der Waals surface area contributed by atoms with Crippen LogP contribution in [0.1, 0.15) is 47.5 Å². The van der Waals surface area contributed by atoms with E-state index in [0.717, 1.165) is 0 Å². The lowest BCUT2D eigenvalue weighted by molar-refractivity contribution is -0.137. The summed E-state index contributed by atoms with van der Waals surface area (Å²) in [5, 5.41) is 13.9. The second-order valence-electron chi connectivity index (χ2n) is 6.99. The summed E-state index contributed by atoms with van der Waals surface area (Å²) in [6.45, 7) is 9.44. The molecule has 0 radical (unpaired) electrons. The largest absolute Gasteiger partial charge is 0.357 e. The number of hydrogen-bond donors (Lipinski definition) is 4. The molecule has 0 saturated heterocycles. The Morgan fingerprint density at radius 1 is 1.09 bits per heavy atom. The Balaban J connectivity index is 5.11. The van der Waals surface area contributed by atoms with Crippen LogP contribution in [-0.4, -0.2) is 36.0 Å². The molecule has 0 aliphatic rings. The minimum absolute atomic E-state index is 0.120. The minimum atomic E-state index is -0.697. The molecule has 0 saturated carbocycles. The molecule has 0 heterocycles. The molecule has 7 nitrogen and oxygen atoms in total. The molecule has 0 aliphatic heterocycles. The second-order valence-corrected chi connectivity index (χ2v) is 6.99. The van der Waals surface area contributed by atoms with Crippen LogP contribution in [0.5, 0.6) is 0 Å². The molecule has 4 N–H and O–H groups in total. The molecule has 7 heteroatoms. The number of hydroxylamine groups is 1. The van der Waals surface area contributed by atoms with Gasteiger partial charge in [-0.15, -0.1) is 0 Å². The van der Waals surface area contributed by atoms with E-state index in [0.29, 0.717) is 6.42 Å². The van der Waals surface area contributed by atoms with E-state index in [1.807, 2.05) is 34.6 Å². The fourth-order valence-corrected chi connectivity index (χ4v) is 2.20. The Bertz CT molecular complexity index is 402. The van der Waals surface area contributed by atoms with E-state index < -0.39 is 23.3 Å². The van der Waals surface area contributed by atoms with Gasteiger partial charge in [0.05, 0.1) is 0 Å². The van der Waals surface area contributed by atoms with Gasteiger partial charge in [0.15, 0.2) is 0 Å². The third-order valence-electron chi connectivity index (χ3n) is 3.34. The van der Waals surface area contributed by atoms with Crippen LogP contribution in [0, 0.1) is 17.3 Å². The summed E-state index contributed by atoms with van der Waals surface area (Å²) in [6, 6.07) is -0.697. The van der Waals surface area contributed by atoms with Crippen LogP contribution in [0.3, 0.4) is 0 Å². The second kappa shape index (κ2) is 8.73. The average molecular weight is 315 g/mol. The normalized spacial score (nSPS) is 14.2. The maximum absolute atomic E-state index is 12.5. The highest BCUT2D eigenvalue weighted by molar-refractivity contribution is 5.90. The van der Waals surface area contributed by atoms with Crippen molar-refractivity contribution >= 4 is 17.7 Å². The molecule has 128 valence electrons. The molecule has 0 unspecified atom stereocenters. The molecule has 3 amide bonds. The summed E-state index contributed by atoms with van der Waals surface area (Å²) in [7, 11) is 1.51. The van der Waals surface area contributed by atoms with Gasteiger partial charge in [0.2, 0.25) is 17.7 Å². The van der Waals surface area contributed by atoms with E-state index in [-0.39, 0.29) is 24.2 Å². The highest BCUT2D eigenvalue weighted by Crippen LogP contribution is 2.22. The summed E-state index contributed by atoms with van der Waals surface area (Å²) >= 11 is 0. The third kappa shape index (κ3) is 6.89. The molecule has 22 heavy (non-hydrogen) atoms. The van der Waals surface area contributed by atoms with Crippen molar-refractivity contribution in [1.29, 1.82) is 0 Å². The van der Waals surface area contributed by atoms with Gasteiger partial charge in [0.25, 0.3) is 0 Å². The topological polar surface area (TPSA) is 108 Å². The average Bonchev–Trinajstić information content (AvgIpc) is 2.40. The SMILES string of the molecule is CNC(=O)[C@H](NC(=O)[C@H](CC(=O)NO)CC(C)C)C(C)(C)C. The maximum Gasteiger partial charge on any atom is 0.244 e. The van der Waals surface area contributed by atoms with Crippen LogP contribution in [0.2, 0.25) is 0 Å². The predicted molar refractivity (Wildman–Crippen MR) is 82.9 cm³/mol. The van der Waals surface area contributed by atoms with Crippen molar-refractivity contribution in [3.05, 3.63) is 0 Å². The number of carbonyl (C=O) groups is 3. The van der Waals surface area contributed by atoms with Crippen LogP contribution in [0.4, 0.5) is 0 Å². The Morgan fingerprint density at radius 2 is 1.64 bits per heavy atom. The van der Waals surface area contributed by atoms with Gasteiger partial charge in [-0.1, -0.05) is 34.6 Å². The van der Waals surface area contributed by atoms with Gasteiger partial charge in [-0.3, -0.25) is 19.6 Å². The van der Waals surface area contributed by atoms with Gasteiger partial charge in [-0.05, 0) is 17.8 Å². The first kappa shape index (κ1) is 20.4. The summed E-state index contributed by atoms with van der Waals surface area (Å²) in [4.78, 5) is 35.8. The zero-order valence-corrected chi connectivity index (χ0v) is 14.3. The standard InChI is InChI=1S/C15H29N3O4/c1-9(2)7-10(8-11(19)18-22)13(20)17-12(14(21)16-6)15(3,4)5/h9-10,12,22H,7-8H2,1-6H3,(H,16,21)(H,17,20)(H,18,19)/t10-,12-/m0/s1. The Morgan fingerprint density at radius 3 is 2.00 bits per heavy atom. The van der Waals surface area contributed by atoms with Gasteiger partial charge in [-0.2, -0.15) is 0 Å². The van der Waals surface area contributed by atoms with E-state index >= 15 is 0 Å². The van der Waals surface area contributed by atoms with E-state index in [1.54, 1.807) is 5.48 Å². The molecule has 0 aliphatic carbocycles. The maximum atomic E-state index is 12.5. The van der Waals surface area contributed by atoms with Gasteiger partial charge in [-0.25, -0.2) is 5.48 Å². The molecule has 0 aromatic heterocycles. The van der Waals surface area contributed by atoms with Crippen LogP contribution >= 0.6 is 0 Å². The molecule has 0 aromatic rings. The fourth-order valence-electron chi connectivity index (χ4n) is 2.20. The lowest BCUT2D eigenvalue weighted by Gasteiger charge is -2.31. The van der Waals surface area contributed by atoms with Crippen molar-refractivity contribution in [2.24, 2.45) is 17.3 Å². The minimum Gasteiger partial charge on any atom is -0.357 e. The smallest absolute Gasteiger partial charge is 0.244 e. The predicted octanol–water partition coefficient (Wildman–Crippen LogP) is 0.821. The summed E-state index contributed by atoms with van der Waals surface area (Å²) in [5.41, 5.74) is 1.08. The first-order valence-corrected chi connectivity index (χ1v) is 7.47. The number of rotatable bonds is 7. The zero-order chi connectivity index (χ0) is 17.5. The first-order valence-electron chi connectivity index (χ1n) is 7.47. The Hall–Kier alpha value is -1.63. The van der Waals surface area contributed by atoms with Gasteiger partial charge < -0.3 is 10.6 Å². The lowest BCUT2D eigenvalue weighted by atomic mass is 9.85. The van der Waals surface area contributed by atoms with Crippen LogP contribution in [0.15, 0.2) is 0 Å². The van der Waals surface area contributed by atoms with E-state index in [2.05, 4.69) is 10.6 Å². The fraction of sp³-hybridized carbons (Fsp3) is 0.800. The third-order valence-corrected chi connectivity index (χ3v) is 3.34. The number of nitrogens with one attached hydrogen (secondary N) is 3. The van der Waals surface area contributed by atoms with Crippen LogP contribution in [-0.2, 0) is 14.4 Å². The molecule has 0 bridgehead atoms.